The molecule has 0 spiro atoms. The Labute approximate surface area is 144 Å². The maximum atomic E-state index is 13.8. The third-order valence-corrected chi connectivity index (χ3v) is 3.31. The van der Waals surface area contributed by atoms with Crippen molar-refractivity contribution in [2.75, 3.05) is 22.5 Å². The largest absolute Gasteiger partial charge is 0.374 e. The molecule has 2 aromatic carbocycles. The van der Waals surface area contributed by atoms with E-state index >= 15 is 0 Å². The minimum absolute atomic E-state index is 0.0845. The van der Waals surface area contributed by atoms with E-state index in [4.69, 9.17) is 0 Å². The molecule has 0 fully saturated rings. The van der Waals surface area contributed by atoms with E-state index in [9.17, 15) is 18.8 Å². The molecule has 3 N–H and O–H groups in total. The van der Waals surface area contributed by atoms with E-state index < -0.39 is 11.7 Å². The first-order chi connectivity index (χ1) is 11.9. The van der Waals surface area contributed by atoms with Crippen LogP contribution in [-0.4, -0.2) is 24.1 Å². The zero-order chi connectivity index (χ0) is 18.4. The normalized spacial score (nSPS) is 10.0. The molecule has 0 aromatic heterocycles. The van der Waals surface area contributed by atoms with Crippen molar-refractivity contribution in [2.45, 2.75) is 13.8 Å². The number of rotatable bonds is 6. The summed E-state index contributed by atoms with van der Waals surface area (Å²) < 4.78 is 13.8. The Balaban J connectivity index is 2.03. The van der Waals surface area contributed by atoms with Gasteiger partial charge in [-0.05, 0) is 37.3 Å². The van der Waals surface area contributed by atoms with Gasteiger partial charge in [0, 0.05) is 18.2 Å². The van der Waals surface area contributed by atoms with E-state index in [-0.39, 0.29) is 23.9 Å². The van der Waals surface area contributed by atoms with Crippen LogP contribution in [0.1, 0.15) is 24.2 Å². The van der Waals surface area contributed by atoms with Crippen molar-refractivity contribution in [1.29, 1.82) is 0 Å². The number of hydrogen-bond acceptors (Lipinski definition) is 4. The Morgan fingerprint density at radius 3 is 2.36 bits per heavy atom. The average Bonchev–Trinajstić information content (AvgIpc) is 2.55. The zero-order valence-corrected chi connectivity index (χ0v) is 13.9. The summed E-state index contributed by atoms with van der Waals surface area (Å²) in [6, 6.07) is 10.6. The first kappa shape index (κ1) is 18.1. The lowest BCUT2D eigenvalue weighted by molar-refractivity contribution is -0.115. The monoisotopic (exact) mass is 343 g/mol. The van der Waals surface area contributed by atoms with Crippen molar-refractivity contribution in [3.8, 4) is 0 Å². The fourth-order valence-electron chi connectivity index (χ4n) is 2.21. The summed E-state index contributed by atoms with van der Waals surface area (Å²) in [6.45, 7) is 2.55. The van der Waals surface area contributed by atoms with Gasteiger partial charge in [-0.15, -0.1) is 0 Å². The number of nitrogens with one attached hydrogen (secondary N) is 3. The minimum Gasteiger partial charge on any atom is -0.374 e. The highest BCUT2D eigenvalue weighted by atomic mass is 19.1. The van der Waals surface area contributed by atoms with Crippen molar-refractivity contribution >= 4 is 34.7 Å². The van der Waals surface area contributed by atoms with E-state index in [0.29, 0.717) is 16.9 Å². The Morgan fingerprint density at radius 1 is 0.960 bits per heavy atom. The Bertz CT molecular complexity index is 821. The van der Waals surface area contributed by atoms with Gasteiger partial charge in [0.2, 0.25) is 11.8 Å². The number of carbonyl (C=O) groups is 3. The first-order valence-corrected chi connectivity index (χ1v) is 7.57. The lowest BCUT2D eigenvalue weighted by Gasteiger charge is -2.12. The predicted molar refractivity (Wildman–Crippen MR) is 94.3 cm³/mol. The van der Waals surface area contributed by atoms with Crippen molar-refractivity contribution in [1.82, 2.24) is 0 Å². The van der Waals surface area contributed by atoms with Crippen LogP contribution in [-0.2, 0) is 9.59 Å². The number of hydrogen-bond donors (Lipinski definition) is 3. The van der Waals surface area contributed by atoms with Crippen LogP contribution in [0.3, 0.4) is 0 Å². The number of benzene rings is 2. The Hall–Kier alpha value is -3.22. The number of halogens is 1. The van der Waals surface area contributed by atoms with Gasteiger partial charge in [-0.2, -0.15) is 0 Å². The zero-order valence-electron chi connectivity index (χ0n) is 13.9. The second kappa shape index (κ2) is 8.05. The number of ketones is 1. The number of anilines is 3. The van der Waals surface area contributed by atoms with Gasteiger partial charge in [-0.1, -0.05) is 12.1 Å². The van der Waals surface area contributed by atoms with Crippen molar-refractivity contribution in [3.63, 3.8) is 0 Å². The molecule has 6 nitrogen and oxygen atoms in total. The summed E-state index contributed by atoms with van der Waals surface area (Å²) in [5, 5.41) is 7.82. The van der Waals surface area contributed by atoms with Gasteiger partial charge in [-0.3, -0.25) is 14.4 Å². The van der Waals surface area contributed by atoms with Gasteiger partial charge in [0.1, 0.15) is 5.82 Å². The van der Waals surface area contributed by atoms with Crippen molar-refractivity contribution in [2.24, 2.45) is 0 Å². The Kier molecular flexibility index (Phi) is 5.84. The van der Waals surface area contributed by atoms with E-state index in [2.05, 4.69) is 16.0 Å². The predicted octanol–water partition coefficient (Wildman–Crippen LogP) is 3.04. The molecule has 0 saturated heterocycles. The highest BCUT2D eigenvalue weighted by molar-refractivity contribution is 6.04. The third-order valence-electron chi connectivity index (χ3n) is 3.31. The van der Waals surface area contributed by atoms with Crippen LogP contribution in [0.5, 0.6) is 0 Å². The molecule has 0 atom stereocenters. The average molecular weight is 343 g/mol. The molecule has 2 amide bonds. The van der Waals surface area contributed by atoms with Crippen molar-refractivity contribution in [3.05, 3.63) is 53.8 Å². The van der Waals surface area contributed by atoms with Crippen molar-refractivity contribution < 1.29 is 18.8 Å². The number of carbonyl (C=O) groups excluding carboxylic acids is 3. The van der Waals surface area contributed by atoms with Crippen LogP contribution < -0.4 is 16.0 Å². The van der Waals surface area contributed by atoms with Crippen LogP contribution in [0.15, 0.2) is 42.5 Å². The molecule has 130 valence electrons. The molecule has 0 unspecified atom stereocenters. The SMILES string of the molecule is CC(=O)Nc1ccc(F)c(NCC(=O)Nc2ccccc2C(C)=O)c1. The van der Waals surface area contributed by atoms with Gasteiger partial charge in [0.15, 0.2) is 5.78 Å². The number of Topliss-reactive ketones (excluding diaryl/α,β-unsaturated/α-hetero) is 1. The van der Waals surface area contributed by atoms with Gasteiger partial charge in [-0.25, -0.2) is 4.39 Å². The highest BCUT2D eigenvalue weighted by Gasteiger charge is 2.11. The molecular weight excluding hydrogens is 325 g/mol. The summed E-state index contributed by atoms with van der Waals surface area (Å²) in [5.41, 5.74) is 1.30. The van der Waals surface area contributed by atoms with Gasteiger partial charge in [0.25, 0.3) is 0 Å². The molecule has 7 heteroatoms. The second-order valence-corrected chi connectivity index (χ2v) is 5.38. The van der Waals surface area contributed by atoms with E-state index in [0.717, 1.165) is 0 Å². The third kappa shape index (κ3) is 5.13. The lowest BCUT2D eigenvalue weighted by Crippen LogP contribution is -2.23. The topological polar surface area (TPSA) is 87.3 Å². The van der Waals surface area contributed by atoms with E-state index in [1.165, 1.54) is 32.0 Å². The first-order valence-electron chi connectivity index (χ1n) is 7.57. The summed E-state index contributed by atoms with van der Waals surface area (Å²) in [7, 11) is 0. The standard InChI is InChI=1S/C18H18FN3O3/c1-11(23)14-5-3-4-6-16(14)22-18(25)10-20-17-9-13(21-12(2)24)7-8-15(17)19/h3-9,20H,10H2,1-2H3,(H,21,24)(H,22,25). The van der Waals surface area contributed by atoms with Crippen LogP contribution in [0.2, 0.25) is 0 Å². The Morgan fingerprint density at radius 2 is 1.68 bits per heavy atom. The minimum atomic E-state index is -0.550. The molecule has 0 aliphatic rings. The fourth-order valence-corrected chi connectivity index (χ4v) is 2.21. The lowest BCUT2D eigenvalue weighted by atomic mass is 10.1. The summed E-state index contributed by atoms with van der Waals surface area (Å²) in [6.07, 6.45) is 0. The van der Waals surface area contributed by atoms with Crippen LogP contribution >= 0.6 is 0 Å². The smallest absolute Gasteiger partial charge is 0.243 e. The number of para-hydroxylation sites is 1. The molecule has 0 bridgehead atoms. The summed E-state index contributed by atoms with van der Waals surface area (Å²) >= 11 is 0. The molecule has 0 aliphatic carbocycles. The summed E-state index contributed by atoms with van der Waals surface area (Å²) in [4.78, 5) is 34.7. The van der Waals surface area contributed by atoms with Crippen LogP contribution in [0, 0.1) is 5.82 Å². The fraction of sp³-hybridized carbons (Fsp3) is 0.167. The van der Waals surface area contributed by atoms with Crippen LogP contribution in [0.4, 0.5) is 21.5 Å². The molecule has 0 aliphatic heterocycles. The summed E-state index contributed by atoms with van der Waals surface area (Å²) in [5.74, 6) is -1.43. The molecule has 2 rings (SSSR count). The second-order valence-electron chi connectivity index (χ2n) is 5.38. The van der Waals surface area contributed by atoms with Crippen LogP contribution in [0.25, 0.3) is 0 Å². The maximum Gasteiger partial charge on any atom is 0.243 e. The van der Waals surface area contributed by atoms with Gasteiger partial charge >= 0.3 is 0 Å². The highest BCUT2D eigenvalue weighted by Crippen LogP contribution is 2.20. The molecule has 25 heavy (non-hydrogen) atoms. The van der Waals surface area contributed by atoms with E-state index in [1.54, 1.807) is 24.3 Å². The van der Waals surface area contributed by atoms with Gasteiger partial charge < -0.3 is 16.0 Å². The number of amides is 2. The molecule has 0 saturated carbocycles. The molecule has 2 aromatic rings. The molecule has 0 radical (unpaired) electrons. The maximum absolute atomic E-state index is 13.8. The molecule has 0 heterocycles. The van der Waals surface area contributed by atoms with Gasteiger partial charge in [0.05, 0.1) is 17.9 Å². The quantitative estimate of drug-likeness (QED) is 0.704. The van der Waals surface area contributed by atoms with E-state index in [1.807, 2.05) is 0 Å². The molecular formula is C18H18FN3O3.